The Kier molecular flexibility index (Phi) is 8.79. The van der Waals surface area contributed by atoms with E-state index >= 15 is 0 Å². The van der Waals surface area contributed by atoms with Crippen LogP contribution in [0.2, 0.25) is 0 Å². The molecule has 62 heavy (non-hydrogen) atoms. The van der Waals surface area contributed by atoms with Crippen molar-refractivity contribution in [3.8, 4) is 23.0 Å². The summed E-state index contributed by atoms with van der Waals surface area (Å²) in [5.41, 5.74) is 7.93. The third-order valence-electron chi connectivity index (χ3n) is 13.6. The molecule has 1 fully saturated rings. The molecule has 10 heteroatoms. The van der Waals surface area contributed by atoms with Crippen LogP contribution in [0.25, 0.3) is 0 Å². The summed E-state index contributed by atoms with van der Waals surface area (Å²) in [5, 5.41) is 0. The molecule has 6 aromatic rings. The molecule has 5 aliphatic heterocycles. The smallest absolute Gasteiger partial charge is 0.340 e. The molecule has 0 bridgehead atoms. The van der Waals surface area contributed by atoms with E-state index in [0.717, 1.165) is 108 Å². The Balaban J connectivity index is 0.919. The summed E-state index contributed by atoms with van der Waals surface area (Å²) in [5.74, 6) is 2.04. The molecule has 2 spiro atoms. The maximum absolute atomic E-state index is 13.6. The summed E-state index contributed by atoms with van der Waals surface area (Å²) in [6, 6.07) is 40.4. The third-order valence-corrected chi connectivity index (χ3v) is 13.6. The van der Waals surface area contributed by atoms with Crippen molar-refractivity contribution in [1.29, 1.82) is 0 Å². The lowest BCUT2D eigenvalue weighted by molar-refractivity contribution is 0.0214. The lowest BCUT2D eigenvalue weighted by Gasteiger charge is -2.41. The number of anilines is 4. The SMILES string of the molecule is CCN(CC)c1ccc2c(c1)Oc1ccc(N3CCN(c4ccc5c(c4)C4(OC(=O)c6ccccc64)c4ccc(N(CC)CC)cc4O5)CC3)cc1C21OC(=O)c2ccccc21. The molecule has 6 aromatic carbocycles. The number of esters is 2. The van der Waals surface area contributed by atoms with Crippen molar-refractivity contribution >= 4 is 34.7 Å². The fraction of sp³-hybridized carbons (Fsp3) is 0.269. The molecule has 5 aliphatic rings. The quantitative estimate of drug-likeness (QED) is 0.138. The highest BCUT2D eigenvalue weighted by molar-refractivity contribution is 5.98. The Morgan fingerprint density at radius 2 is 0.855 bits per heavy atom. The fourth-order valence-electron chi connectivity index (χ4n) is 10.5. The van der Waals surface area contributed by atoms with Gasteiger partial charge in [0.1, 0.15) is 23.0 Å². The summed E-state index contributed by atoms with van der Waals surface area (Å²) < 4.78 is 26.5. The van der Waals surface area contributed by atoms with Gasteiger partial charge in [-0.1, -0.05) is 36.4 Å². The van der Waals surface area contributed by atoms with E-state index in [1.54, 1.807) is 0 Å². The lowest BCUT2D eigenvalue weighted by atomic mass is 9.77. The van der Waals surface area contributed by atoms with Crippen molar-refractivity contribution in [2.75, 3.05) is 72.0 Å². The van der Waals surface area contributed by atoms with Gasteiger partial charge in [0, 0.05) is 121 Å². The molecule has 5 heterocycles. The highest BCUT2D eigenvalue weighted by Crippen LogP contribution is 2.59. The number of hydrogen-bond donors (Lipinski definition) is 0. The van der Waals surface area contributed by atoms with E-state index in [1.807, 2.05) is 60.7 Å². The van der Waals surface area contributed by atoms with Crippen molar-refractivity contribution in [2.45, 2.75) is 38.9 Å². The van der Waals surface area contributed by atoms with Crippen LogP contribution in [0.4, 0.5) is 22.7 Å². The minimum atomic E-state index is -1.15. The summed E-state index contributed by atoms with van der Waals surface area (Å²) in [6.45, 7) is 15.0. The van der Waals surface area contributed by atoms with Gasteiger partial charge in [0.05, 0.1) is 11.1 Å². The Morgan fingerprint density at radius 1 is 0.452 bits per heavy atom. The number of benzene rings is 6. The first-order valence-corrected chi connectivity index (χ1v) is 21.9. The summed E-state index contributed by atoms with van der Waals surface area (Å²) in [6.07, 6.45) is 0. The van der Waals surface area contributed by atoms with Crippen LogP contribution in [0, 0.1) is 0 Å². The number of fused-ring (bicyclic) bond motifs is 12. The van der Waals surface area contributed by atoms with Crippen molar-refractivity contribution in [3.05, 3.63) is 166 Å². The number of carbonyl (C=O) groups is 2. The maximum Gasteiger partial charge on any atom is 0.340 e. The number of rotatable bonds is 8. The second kappa shape index (κ2) is 14.3. The molecule has 0 amide bonds. The van der Waals surface area contributed by atoms with Gasteiger partial charge in [-0.3, -0.25) is 0 Å². The Hall–Kier alpha value is -6.94. The van der Waals surface area contributed by atoms with Crippen LogP contribution in [0.3, 0.4) is 0 Å². The van der Waals surface area contributed by atoms with Crippen molar-refractivity contribution in [2.24, 2.45) is 0 Å². The van der Waals surface area contributed by atoms with Crippen LogP contribution in [0.15, 0.2) is 121 Å². The van der Waals surface area contributed by atoms with E-state index in [4.69, 9.17) is 18.9 Å². The zero-order chi connectivity index (χ0) is 42.3. The summed E-state index contributed by atoms with van der Waals surface area (Å²) in [7, 11) is 0. The van der Waals surface area contributed by atoms with Crippen LogP contribution in [0.1, 0.15) is 81.8 Å². The minimum absolute atomic E-state index is 0.341. The molecule has 0 aliphatic carbocycles. The molecule has 2 atom stereocenters. The van der Waals surface area contributed by atoms with Gasteiger partial charge >= 0.3 is 11.9 Å². The first-order chi connectivity index (χ1) is 30.3. The van der Waals surface area contributed by atoms with Crippen molar-refractivity contribution in [1.82, 2.24) is 0 Å². The van der Waals surface area contributed by atoms with Crippen LogP contribution in [0.5, 0.6) is 23.0 Å². The van der Waals surface area contributed by atoms with Crippen LogP contribution < -0.4 is 29.1 Å². The first-order valence-electron chi connectivity index (χ1n) is 21.9. The van der Waals surface area contributed by atoms with Crippen LogP contribution >= 0.6 is 0 Å². The van der Waals surface area contributed by atoms with Gasteiger partial charge in [0.2, 0.25) is 0 Å². The zero-order valence-electron chi connectivity index (χ0n) is 35.4. The number of hydrogen-bond acceptors (Lipinski definition) is 10. The monoisotopic (exact) mass is 824 g/mol. The highest BCUT2D eigenvalue weighted by atomic mass is 16.6. The lowest BCUT2D eigenvalue weighted by Crippen LogP contribution is -2.47. The van der Waals surface area contributed by atoms with E-state index < -0.39 is 11.2 Å². The van der Waals surface area contributed by atoms with Gasteiger partial charge in [-0.05, 0) is 100 Å². The predicted octanol–water partition coefficient (Wildman–Crippen LogP) is 9.84. The molecule has 1 saturated heterocycles. The van der Waals surface area contributed by atoms with Gasteiger partial charge in [0.25, 0.3) is 0 Å². The van der Waals surface area contributed by atoms with Crippen molar-refractivity contribution in [3.63, 3.8) is 0 Å². The maximum atomic E-state index is 13.6. The number of piperazine rings is 1. The van der Waals surface area contributed by atoms with E-state index in [9.17, 15) is 9.59 Å². The van der Waals surface area contributed by atoms with E-state index in [2.05, 4.69) is 108 Å². The largest absolute Gasteiger partial charge is 0.456 e. The normalized spacial score (nSPS) is 19.9. The van der Waals surface area contributed by atoms with Gasteiger partial charge in [-0.15, -0.1) is 0 Å². The van der Waals surface area contributed by atoms with E-state index in [-0.39, 0.29) is 11.9 Å². The van der Waals surface area contributed by atoms with E-state index in [1.165, 1.54) is 0 Å². The molecule has 312 valence electrons. The summed E-state index contributed by atoms with van der Waals surface area (Å²) in [4.78, 5) is 36.6. The predicted molar refractivity (Wildman–Crippen MR) is 241 cm³/mol. The Bertz CT molecular complexity index is 2620. The molecular formula is C52H48N4O6. The number of carbonyl (C=O) groups excluding carboxylic acids is 2. The van der Waals surface area contributed by atoms with Crippen molar-refractivity contribution < 1.29 is 28.5 Å². The molecule has 2 unspecified atom stereocenters. The molecule has 0 saturated carbocycles. The topological polar surface area (TPSA) is 84.0 Å². The number of nitrogens with zero attached hydrogens (tertiary/aromatic N) is 4. The molecule has 10 nitrogen and oxygen atoms in total. The van der Waals surface area contributed by atoms with Gasteiger partial charge in [-0.2, -0.15) is 0 Å². The van der Waals surface area contributed by atoms with Crippen LogP contribution in [-0.2, 0) is 20.7 Å². The minimum Gasteiger partial charge on any atom is -0.456 e. The van der Waals surface area contributed by atoms with E-state index in [0.29, 0.717) is 34.1 Å². The average molecular weight is 825 g/mol. The van der Waals surface area contributed by atoms with Crippen LogP contribution in [-0.4, -0.2) is 64.3 Å². The second-order valence-corrected chi connectivity index (χ2v) is 16.5. The Labute approximate surface area is 361 Å². The standard InChI is InChI=1S/C52H48N4O6/c1-5-53(6-2)35-17-21-41-47(31-35)59-45-23-19-33(29-43(45)51(41)39-15-11-9-13-37(39)49(57)61-51)55-25-27-56(28-26-55)34-20-24-46-44(30-34)52(40-16-12-10-14-38(40)50(58)62-52)42-22-18-36(32-48(42)60-46)54(7-3)8-4/h9-24,29-32H,5-8,25-28H2,1-4H3. The zero-order valence-corrected chi connectivity index (χ0v) is 35.4. The molecular weight excluding hydrogens is 777 g/mol. The summed E-state index contributed by atoms with van der Waals surface area (Å²) >= 11 is 0. The third kappa shape index (κ3) is 5.41. The first kappa shape index (κ1) is 38.0. The van der Waals surface area contributed by atoms with Gasteiger partial charge in [-0.25, -0.2) is 9.59 Å². The molecule has 0 N–H and O–H groups in total. The number of ether oxygens (including phenoxy) is 4. The highest BCUT2D eigenvalue weighted by Gasteiger charge is 2.55. The van der Waals surface area contributed by atoms with Gasteiger partial charge in [0.15, 0.2) is 11.2 Å². The Morgan fingerprint density at radius 3 is 1.26 bits per heavy atom. The molecule has 0 aromatic heterocycles. The average Bonchev–Trinajstić information content (AvgIpc) is 3.78. The second-order valence-electron chi connectivity index (χ2n) is 16.5. The van der Waals surface area contributed by atoms with Gasteiger partial charge < -0.3 is 38.5 Å². The molecule has 11 rings (SSSR count). The molecule has 0 radical (unpaired) electrons. The fourth-order valence-corrected chi connectivity index (χ4v) is 10.5.